The number of esters is 2. The first-order valence-corrected chi connectivity index (χ1v) is 7.47. The molecular weight excluding hydrogens is 397 g/mol. The Kier molecular flexibility index (Phi) is 5.61. The van der Waals surface area contributed by atoms with Gasteiger partial charge in [0.05, 0.1) is 41.6 Å². The Labute approximate surface area is 144 Å². The van der Waals surface area contributed by atoms with E-state index in [0.29, 0.717) is 0 Å². The molecular formula is C14H12BrClFNO5. The second kappa shape index (κ2) is 7.29. The van der Waals surface area contributed by atoms with Gasteiger partial charge in [0.15, 0.2) is 0 Å². The third kappa shape index (κ3) is 3.49. The maximum Gasteiger partial charge on any atom is 0.355 e. The van der Waals surface area contributed by atoms with Crippen molar-refractivity contribution in [3.63, 3.8) is 0 Å². The van der Waals surface area contributed by atoms with Gasteiger partial charge in [-0.25, -0.2) is 14.0 Å². The SMILES string of the molecule is COC(=O)C1=C(C(=O)OC)N(c2cc(F)c(Br)cc2Cl)COC1. The molecule has 0 radical (unpaired) electrons. The van der Waals surface area contributed by atoms with Crippen molar-refractivity contribution in [3.05, 3.63) is 38.7 Å². The minimum absolute atomic E-state index is 0.0370. The second-order valence-corrected chi connectivity index (χ2v) is 5.70. The summed E-state index contributed by atoms with van der Waals surface area (Å²) in [5, 5.41) is 0.161. The Bertz CT molecular complexity index is 694. The van der Waals surface area contributed by atoms with Crippen LogP contribution in [0, 0.1) is 5.82 Å². The first kappa shape index (κ1) is 17.7. The first-order valence-electron chi connectivity index (χ1n) is 6.30. The molecule has 9 heteroatoms. The van der Waals surface area contributed by atoms with Crippen LogP contribution in [0.5, 0.6) is 0 Å². The molecule has 0 saturated carbocycles. The highest BCUT2D eigenvalue weighted by Crippen LogP contribution is 2.35. The molecule has 0 spiro atoms. The number of hydrogen-bond acceptors (Lipinski definition) is 6. The minimum atomic E-state index is -0.784. The molecule has 0 aliphatic carbocycles. The fraction of sp³-hybridized carbons (Fsp3) is 0.286. The molecule has 1 aromatic rings. The third-order valence-corrected chi connectivity index (χ3v) is 4.02. The Morgan fingerprint density at radius 1 is 1.30 bits per heavy atom. The van der Waals surface area contributed by atoms with E-state index in [4.69, 9.17) is 21.1 Å². The lowest BCUT2D eigenvalue weighted by Gasteiger charge is -2.31. The number of ether oxygens (including phenoxy) is 3. The van der Waals surface area contributed by atoms with Crippen molar-refractivity contribution in [3.8, 4) is 0 Å². The number of carbonyl (C=O) groups is 2. The highest BCUT2D eigenvalue weighted by atomic mass is 79.9. The molecule has 1 heterocycles. The molecule has 0 atom stereocenters. The fourth-order valence-corrected chi connectivity index (χ4v) is 2.79. The summed E-state index contributed by atoms with van der Waals surface area (Å²) in [5.74, 6) is -2.12. The van der Waals surface area contributed by atoms with E-state index in [-0.39, 0.29) is 39.8 Å². The molecule has 1 aliphatic heterocycles. The number of halogens is 3. The van der Waals surface area contributed by atoms with E-state index in [1.165, 1.54) is 25.2 Å². The van der Waals surface area contributed by atoms with Gasteiger partial charge in [-0.05, 0) is 22.0 Å². The van der Waals surface area contributed by atoms with E-state index in [0.717, 1.165) is 6.07 Å². The van der Waals surface area contributed by atoms with Crippen molar-refractivity contribution in [2.45, 2.75) is 0 Å². The van der Waals surface area contributed by atoms with Crippen LogP contribution in [-0.2, 0) is 23.8 Å². The Balaban J connectivity index is 2.62. The van der Waals surface area contributed by atoms with Gasteiger partial charge in [-0.1, -0.05) is 11.6 Å². The number of hydrogen-bond donors (Lipinski definition) is 0. The minimum Gasteiger partial charge on any atom is -0.466 e. The van der Waals surface area contributed by atoms with Gasteiger partial charge in [0.25, 0.3) is 0 Å². The number of methoxy groups -OCH3 is 2. The van der Waals surface area contributed by atoms with Gasteiger partial charge in [0, 0.05) is 6.07 Å². The zero-order valence-corrected chi connectivity index (χ0v) is 14.5. The normalized spacial score (nSPS) is 14.7. The van der Waals surface area contributed by atoms with Crippen molar-refractivity contribution in [1.82, 2.24) is 0 Å². The Morgan fingerprint density at radius 2 is 1.96 bits per heavy atom. The predicted molar refractivity (Wildman–Crippen MR) is 83.5 cm³/mol. The van der Waals surface area contributed by atoms with Gasteiger partial charge in [0.2, 0.25) is 0 Å². The first-order chi connectivity index (χ1) is 10.9. The van der Waals surface area contributed by atoms with Gasteiger partial charge >= 0.3 is 11.9 Å². The summed E-state index contributed by atoms with van der Waals surface area (Å²) in [6, 6.07) is 2.46. The van der Waals surface area contributed by atoms with E-state index < -0.39 is 17.8 Å². The number of rotatable bonds is 3. The summed E-state index contributed by atoms with van der Waals surface area (Å²) >= 11 is 9.15. The predicted octanol–water partition coefficient (Wildman–Crippen LogP) is 2.64. The summed E-state index contributed by atoms with van der Waals surface area (Å²) < 4.78 is 28.7. The molecule has 0 N–H and O–H groups in total. The van der Waals surface area contributed by atoms with Gasteiger partial charge < -0.3 is 19.1 Å². The van der Waals surface area contributed by atoms with Gasteiger partial charge in [-0.3, -0.25) is 0 Å². The molecule has 0 aromatic heterocycles. The summed E-state index contributed by atoms with van der Waals surface area (Å²) in [4.78, 5) is 25.2. The molecule has 0 unspecified atom stereocenters. The lowest BCUT2D eigenvalue weighted by molar-refractivity contribution is -0.140. The van der Waals surface area contributed by atoms with E-state index in [1.54, 1.807) is 0 Å². The Morgan fingerprint density at radius 3 is 2.57 bits per heavy atom. The van der Waals surface area contributed by atoms with Crippen LogP contribution in [0.3, 0.4) is 0 Å². The smallest absolute Gasteiger partial charge is 0.355 e. The largest absolute Gasteiger partial charge is 0.466 e. The van der Waals surface area contributed by atoms with Crippen LogP contribution in [0.1, 0.15) is 0 Å². The van der Waals surface area contributed by atoms with Crippen LogP contribution in [0.4, 0.5) is 10.1 Å². The van der Waals surface area contributed by atoms with E-state index in [2.05, 4.69) is 20.7 Å². The average molecular weight is 409 g/mol. The van der Waals surface area contributed by atoms with Gasteiger partial charge in [-0.15, -0.1) is 0 Å². The zero-order chi connectivity index (χ0) is 17.1. The molecule has 1 aromatic carbocycles. The van der Waals surface area contributed by atoms with Crippen molar-refractivity contribution in [1.29, 1.82) is 0 Å². The van der Waals surface area contributed by atoms with E-state index in [9.17, 15) is 14.0 Å². The molecule has 1 aliphatic rings. The maximum atomic E-state index is 13.8. The van der Waals surface area contributed by atoms with Crippen molar-refractivity contribution in [2.75, 3.05) is 32.5 Å². The lowest BCUT2D eigenvalue weighted by Crippen LogP contribution is -2.39. The summed E-state index contributed by atoms with van der Waals surface area (Å²) in [6.07, 6.45) is 0. The van der Waals surface area contributed by atoms with Crippen LogP contribution < -0.4 is 4.90 Å². The zero-order valence-electron chi connectivity index (χ0n) is 12.2. The number of carbonyl (C=O) groups excluding carboxylic acids is 2. The average Bonchev–Trinajstić information content (AvgIpc) is 2.56. The Hall–Kier alpha value is -1.64. The fourth-order valence-electron chi connectivity index (χ4n) is 2.05. The van der Waals surface area contributed by atoms with Crippen LogP contribution in [0.15, 0.2) is 27.9 Å². The summed E-state index contributed by atoms with van der Waals surface area (Å²) in [5.41, 5.74) is 0.0214. The number of anilines is 1. The van der Waals surface area contributed by atoms with Crippen LogP contribution in [0.2, 0.25) is 5.02 Å². The highest BCUT2D eigenvalue weighted by molar-refractivity contribution is 9.10. The van der Waals surface area contributed by atoms with Crippen LogP contribution >= 0.6 is 27.5 Å². The lowest BCUT2D eigenvalue weighted by atomic mass is 10.1. The summed E-state index contributed by atoms with van der Waals surface area (Å²) in [6.45, 7) is -0.240. The molecule has 2 rings (SSSR count). The monoisotopic (exact) mass is 407 g/mol. The van der Waals surface area contributed by atoms with Crippen molar-refractivity contribution < 1.29 is 28.2 Å². The third-order valence-electron chi connectivity index (χ3n) is 3.11. The van der Waals surface area contributed by atoms with E-state index in [1.807, 2.05) is 0 Å². The number of nitrogens with zero attached hydrogens (tertiary/aromatic N) is 1. The molecule has 0 fully saturated rings. The molecule has 0 bridgehead atoms. The molecule has 0 saturated heterocycles. The van der Waals surface area contributed by atoms with Crippen LogP contribution in [-0.4, -0.2) is 39.5 Å². The molecule has 23 heavy (non-hydrogen) atoms. The number of benzene rings is 1. The standard InChI is InChI=1S/C14H12BrClFNO5/c1-21-13(19)7-5-23-6-18(12(7)14(20)22-2)11-4-10(17)8(15)3-9(11)16/h3-4H,5-6H2,1-2H3. The van der Waals surface area contributed by atoms with Gasteiger partial charge in [-0.2, -0.15) is 0 Å². The second-order valence-electron chi connectivity index (χ2n) is 4.43. The van der Waals surface area contributed by atoms with Gasteiger partial charge in [0.1, 0.15) is 18.2 Å². The quantitative estimate of drug-likeness (QED) is 0.566. The van der Waals surface area contributed by atoms with Crippen molar-refractivity contribution in [2.24, 2.45) is 0 Å². The van der Waals surface area contributed by atoms with Crippen molar-refractivity contribution >= 4 is 45.2 Å². The molecule has 124 valence electrons. The topological polar surface area (TPSA) is 65.1 Å². The van der Waals surface area contributed by atoms with Crippen LogP contribution in [0.25, 0.3) is 0 Å². The maximum absolute atomic E-state index is 13.8. The summed E-state index contributed by atoms with van der Waals surface area (Å²) in [7, 11) is 2.34. The van der Waals surface area contributed by atoms with E-state index >= 15 is 0 Å². The molecule has 0 amide bonds. The molecule has 6 nitrogen and oxygen atoms in total. The highest BCUT2D eigenvalue weighted by Gasteiger charge is 2.33.